The first-order valence-electron chi connectivity index (χ1n) is 7.59. The van der Waals surface area contributed by atoms with Crippen LogP contribution >= 0.6 is 11.6 Å². The van der Waals surface area contributed by atoms with Crippen LogP contribution in [0.2, 0.25) is 5.02 Å². The molecule has 0 spiro atoms. The Balaban J connectivity index is 2.20. The first kappa shape index (κ1) is 21.2. The van der Waals surface area contributed by atoms with Gasteiger partial charge in [0.2, 0.25) is 10.0 Å². The van der Waals surface area contributed by atoms with Crippen molar-refractivity contribution in [2.24, 2.45) is 0 Å². The number of carbonyl (C=O) groups is 1. The molecule has 0 heterocycles. The standard InChI is InChI=1S/C17H16ClF3N2O3S/c1-23(2)27(25,26)15-9-12(6-7-14(15)18)16(24)22-10-11-4-3-5-13(8-11)17(19,20)21/h3-9H,10H2,1-2H3,(H,22,24). The Morgan fingerprint density at radius 1 is 1.15 bits per heavy atom. The average Bonchev–Trinajstić information content (AvgIpc) is 2.59. The zero-order valence-electron chi connectivity index (χ0n) is 14.3. The van der Waals surface area contributed by atoms with Crippen molar-refractivity contribution in [1.82, 2.24) is 9.62 Å². The first-order chi connectivity index (χ1) is 12.4. The number of amides is 1. The van der Waals surface area contributed by atoms with Crippen molar-refractivity contribution in [3.63, 3.8) is 0 Å². The van der Waals surface area contributed by atoms with Crippen molar-refractivity contribution in [3.05, 3.63) is 64.2 Å². The molecule has 27 heavy (non-hydrogen) atoms. The molecule has 1 amide bonds. The van der Waals surface area contributed by atoms with Crippen LogP contribution in [0.1, 0.15) is 21.5 Å². The summed E-state index contributed by atoms with van der Waals surface area (Å²) in [4.78, 5) is 12.0. The molecule has 0 aliphatic heterocycles. The fourth-order valence-electron chi connectivity index (χ4n) is 2.18. The maximum atomic E-state index is 12.7. The van der Waals surface area contributed by atoms with Gasteiger partial charge >= 0.3 is 6.18 Å². The van der Waals surface area contributed by atoms with E-state index in [4.69, 9.17) is 11.6 Å². The van der Waals surface area contributed by atoms with E-state index in [2.05, 4.69) is 5.32 Å². The summed E-state index contributed by atoms with van der Waals surface area (Å²) >= 11 is 5.92. The molecule has 0 saturated carbocycles. The average molecular weight is 421 g/mol. The summed E-state index contributed by atoms with van der Waals surface area (Å²) in [5, 5.41) is 2.42. The van der Waals surface area contributed by atoms with Gasteiger partial charge < -0.3 is 5.32 Å². The Bertz CT molecular complexity index is 960. The van der Waals surface area contributed by atoms with E-state index in [9.17, 15) is 26.4 Å². The van der Waals surface area contributed by atoms with Gasteiger partial charge in [0.1, 0.15) is 4.90 Å². The van der Waals surface area contributed by atoms with Gasteiger partial charge in [0.05, 0.1) is 10.6 Å². The Hall–Kier alpha value is -2.10. The summed E-state index contributed by atoms with van der Waals surface area (Å²) < 4.78 is 63.6. The molecule has 5 nitrogen and oxygen atoms in total. The van der Waals surface area contributed by atoms with Crippen molar-refractivity contribution in [2.45, 2.75) is 17.6 Å². The second-order valence-electron chi connectivity index (χ2n) is 5.81. The third-order valence-electron chi connectivity index (χ3n) is 3.66. The van der Waals surface area contributed by atoms with E-state index < -0.39 is 27.7 Å². The Morgan fingerprint density at radius 3 is 2.41 bits per heavy atom. The molecule has 0 aliphatic carbocycles. The summed E-state index contributed by atoms with van der Waals surface area (Å²) in [6, 6.07) is 8.29. The number of carbonyl (C=O) groups excluding carboxylic acids is 1. The molecule has 146 valence electrons. The number of alkyl halides is 3. The molecular formula is C17H16ClF3N2O3S. The van der Waals surface area contributed by atoms with Crippen LogP contribution in [0.4, 0.5) is 13.2 Å². The minimum absolute atomic E-state index is 0.0202. The number of hydrogen-bond acceptors (Lipinski definition) is 3. The molecular weight excluding hydrogens is 405 g/mol. The van der Waals surface area contributed by atoms with Crippen molar-refractivity contribution < 1.29 is 26.4 Å². The lowest BCUT2D eigenvalue weighted by molar-refractivity contribution is -0.137. The van der Waals surface area contributed by atoms with E-state index in [0.29, 0.717) is 0 Å². The Labute approximate surface area is 159 Å². The van der Waals surface area contributed by atoms with Gasteiger partial charge in [-0.1, -0.05) is 23.7 Å². The number of halogens is 4. The summed E-state index contributed by atoms with van der Waals surface area (Å²) in [6.07, 6.45) is -4.48. The predicted molar refractivity (Wildman–Crippen MR) is 94.9 cm³/mol. The highest BCUT2D eigenvalue weighted by Gasteiger charge is 2.30. The molecule has 10 heteroatoms. The Morgan fingerprint density at radius 2 is 1.81 bits per heavy atom. The topological polar surface area (TPSA) is 66.5 Å². The quantitative estimate of drug-likeness (QED) is 0.804. The second kappa shape index (κ2) is 7.87. The maximum absolute atomic E-state index is 12.7. The monoisotopic (exact) mass is 420 g/mol. The Kier molecular flexibility index (Phi) is 6.18. The maximum Gasteiger partial charge on any atom is 0.416 e. The van der Waals surface area contributed by atoms with Crippen LogP contribution in [-0.4, -0.2) is 32.7 Å². The van der Waals surface area contributed by atoms with Crippen molar-refractivity contribution in [2.75, 3.05) is 14.1 Å². The predicted octanol–water partition coefficient (Wildman–Crippen LogP) is 3.54. The molecule has 0 unspecified atom stereocenters. The molecule has 0 radical (unpaired) electrons. The van der Waals surface area contributed by atoms with E-state index in [1.54, 1.807) is 0 Å². The molecule has 0 fully saturated rings. The SMILES string of the molecule is CN(C)S(=O)(=O)c1cc(C(=O)NCc2cccc(C(F)(F)F)c2)ccc1Cl. The van der Waals surface area contributed by atoms with E-state index in [1.807, 2.05) is 0 Å². The van der Waals surface area contributed by atoms with Crippen LogP contribution in [0, 0.1) is 0 Å². The number of rotatable bonds is 5. The molecule has 0 aromatic heterocycles. The van der Waals surface area contributed by atoms with Crippen molar-refractivity contribution in [3.8, 4) is 0 Å². The third kappa shape index (κ3) is 5.00. The van der Waals surface area contributed by atoms with Crippen LogP contribution in [0.15, 0.2) is 47.4 Å². The fraction of sp³-hybridized carbons (Fsp3) is 0.235. The third-order valence-corrected chi connectivity index (χ3v) is 5.96. The first-order valence-corrected chi connectivity index (χ1v) is 9.41. The highest BCUT2D eigenvalue weighted by Crippen LogP contribution is 2.29. The van der Waals surface area contributed by atoms with Crippen molar-refractivity contribution >= 4 is 27.5 Å². The summed E-state index contributed by atoms with van der Waals surface area (Å²) in [6.45, 7) is -0.152. The van der Waals surface area contributed by atoms with Crippen LogP contribution < -0.4 is 5.32 Å². The molecule has 2 aromatic carbocycles. The van der Waals surface area contributed by atoms with Crippen LogP contribution in [0.25, 0.3) is 0 Å². The van der Waals surface area contributed by atoms with Crippen LogP contribution in [0.3, 0.4) is 0 Å². The second-order valence-corrected chi connectivity index (χ2v) is 8.34. The molecule has 2 rings (SSSR count). The number of benzene rings is 2. The van der Waals surface area contributed by atoms with Crippen LogP contribution in [-0.2, 0) is 22.7 Å². The summed E-state index contributed by atoms with van der Waals surface area (Å²) in [5.74, 6) is -0.640. The minimum Gasteiger partial charge on any atom is -0.348 e. The van der Waals surface area contributed by atoms with E-state index in [-0.39, 0.29) is 27.6 Å². The van der Waals surface area contributed by atoms with E-state index >= 15 is 0 Å². The fourth-order valence-corrected chi connectivity index (χ4v) is 3.57. The molecule has 0 atom stereocenters. The minimum atomic E-state index is -4.48. The highest BCUT2D eigenvalue weighted by molar-refractivity contribution is 7.89. The van der Waals surface area contributed by atoms with Gasteiger partial charge in [-0.2, -0.15) is 13.2 Å². The molecule has 1 N–H and O–H groups in total. The summed E-state index contributed by atoms with van der Waals surface area (Å²) in [7, 11) is -1.21. The smallest absolute Gasteiger partial charge is 0.348 e. The molecule has 0 bridgehead atoms. The van der Waals surface area contributed by atoms with Gasteiger partial charge in [-0.25, -0.2) is 12.7 Å². The van der Waals surface area contributed by atoms with E-state index in [1.165, 1.54) is 38.4 Å². The van der Waals surface area contributed by atoms with Gasteiger partial charge in [0, 0.05) is 26.2 Å². The normalized spacial score (nSPS) is 12.3. The zero-order valence-corrected chi connectivity index (χ0v) is 15.9. The number of nitrogens with one attached hydrogen (secondary N) is 1. The number of sulfonamides is 1. The lowest BCUT2D eigenvalue weighted by Gasteiger charge is -2.14. The molecule has 2 aromatic rings. The van der Waals surface area contributed by atoms with Gasteiger partial charge in [-0.15, -0.1) is 0 Å². The van der Waals surface area contributed by atoms with E-state index in [0.717, 1.165) is 22.5 Å². The largest absolute Gasteiger partial charge is 0.416 e. The number of nitrogens with zero attached hydrogens (tertiary/aromatic N) is 1. The van der Waals surface area contributed by atoms with Gasteiger partial charge in [-0.05, 0) is 35.9 Å². The highest BCUT2D eigenvalue weighted by atomic mass is 35.5. The molecule has 0 aliphatic rings. The zero-order chi connectivity index (χ0) is 20.4. The lowest BCUT2D eigenvalue weighted by atomic mass is 10.1. The van der Waals surface area contributed by atoms with Gasteiger partial charge in [0.15, 0.2) is 0 Å². The van der Waals surface area contributed by atoms with Crippen molar-refractivity contribution in [1.29, 1.82) is 0 Å². The van der Waals surface area contributed by atoms with Crippen LogP contribution in [0.5, 0.6) is 0 Å². The lowest BCUT2D eigenvalue weighted by Crippen LogP contribution is -2.25. The van der Waals surface area contributed by atoms with Gasteiger partial charge in [-0.3, -0.25) is 4.79 Å². The summed E-state index contributed by atoms with van der Waals surface area (Å²) in [5.41, 5.74) is -0.541. The molecule has 0 saturated heterocycles. The van der Waals surface area contributed by atoms with Gasteiger partial charge in [0.25, 0.3) is 5.91 Å². The number of hydrogen-bond donors (Lipinski definition) is 1.